The van der Waals surface area contributed by atoms with Gasteiger partial charge in [-0.25, -0.2) is 0 Å². The first-order valence-electron chi connectivity index (χ1n) is 9.98. The van der Waals surface area contributed by atoms with Crippen molar-refractivity contribution in [2.75, 3.05) is 0 Å². The molecule has 2 aromatic carbocycles. The van der Waals surface area contributed by atoms with Gasteiger partial charge >= 0.3 is 0 Å². The molecule has 162 valence electrons. The molecule has 6 nitrogen and oxygen atoms in total. The minimum Gasteiger partial charge on any atom is -0.509 e. The number of aryl methyl sites for hydroxylation is 2. The van der Waals surface area contributed by atoms with Crippen LogP contribution in [0.4, 0.5) is 0 Å². The molecular weight excluding hydrogens is 384 g/mol. The highest BCUT2D eigenvalue weighted by atomic mass is 16.4. The van der Waals surface area contributed by atoms with Gasteiger partial charge in [0.1, 0.15) is 35.9 Å². The van der Waals surface area contributed by atoms with Gasteiger partial charge in [0, 0.05) is 0 Å². The van der Waals surface area contributed by atoms with Crippen LogP contribution in [0, 0.1) is 0 Å². The summed E-state index contributed by atoms with van der Waals surface area (Å²) in [6, 6.07) is 14.5. The Bertz CT molecular complexity index is 781. The van der Waals surface area contributed by atoms with Crippen molar-refractivity contribution >= 4 is 12.2 Å². The van der Waals surface area contributed by atoms with E-state index in [2.05, 4.69) is 0 Å². The SMILES string of the molecule is CCc1ccc(/C=C(\O)[C@@H](O)[C@@H](O)[C@H](O)[C@@H](O)/C(O)=C/c2ccc(CC)cc2)cc1. The van der Waals surface area contributed by atoms with Crippen molar-refractivity contribution in [3.63, 3.8) is 0 Å². The number of aliphatic hydroxyl groups excluding tert-OH is 6. The van der Waals surface area contributed by atoms with Crippen LogP contribution < -0.4 is 0 Å². The van der Waals surface area contributed by atoms with E-state index in [4.69, 9.17) is 0 Å². The second-order valence-corrected chi connectivity index (χ2v) is 7.20. The Hall–Kier alpha value is -2.64. The van der Waals surface area contributed by atoms with E-state index in [9.17, 15) is 30.6 Å². The van der Waals surface area contributed by atoms with Crippen molar-refractivity contribution in [1.29, 1.82) is 0 Å². The molecule has 4 atom stereocenters. The van der Waals surface area contributed by atoms with Gasteiger partial charge in [0.05, 0.1) is 0 Å². The summed E-state index contributed by atoms with van der Waals surface area (Å²) in [6.45, 7) is 4.03. The van der Waals surface area contributed by atoms with E-state index < -0.39 is 35.9 Å². The maximum absolute atomic E-state index is 10.2. The second-order valence-electron chi connectivity index (χ2n) is 7.20. The van der Waals surface area contributed by atoms with E-state index in [0.29, 0.717) is 11.1 Å². The molecule has 2 aromatic rings. The van der Waals surface area contributed by atoms with Crippen LogP contribution in [-0.2, 0) is 12.8 Å². The van der Waals surface area contributed by atoms with E-state index in [1.54, 1.807) is 24.3 Å². The summed E-state index contributed by atoms with van der Waals surface area (Å²) in [5.41, 5.74) is 3.42. The van der Waals surface area contributed by atoms with Crippen LogP contribution in [0.15, 0.2) is 60.0 Å². The van der Waals surface area contributed by atoms with Gasteiger partial charge in [-0.1, -0.05) is 62.4 Å². The molecule has 0 heterocycles. The Balaban J connectivity index is 2.08. The zero-order chi connectivity index (χ0) is 22.3. The molecule has 0 amide bonds. The number of hydrogen-bond donors (Lipinski definition) is 6. The molecule has 2 rings (SSSR count). The van der Waals surface area contributed by atoms with E-state index in [1.165, 1.54) is 12.2 Å². The van der Waals surface area contributed by atoms with Gasteiger partial charge in [0.2, 0.25) is 0 Å². The lowest BCUT2D eigenvalue weighted by Gasteiger charge is -2.26. The van der Waals surface area contributed by atoms with Crippen LogP contribution in [0.5, 0.6) is 0 Å². The lowest BCUT2D eigenvalue weighted by atomic mass is 9.98. The van der Waals surface area contributed by atoms with Gasteiger partial charge in [0.15, 0.2) is 0 Å². The number of rotatable bonds is 9. The fourth-order valence-electron chi connectivity index (χ4n) is 2.93. The summed E-state index contributed by atoms with van der Waals surface area (Å²) in [4.78, 5) is 0. The molecule has 0 aliphatic rings. The van der Waals surface area contributed by atoms with Crippen molar-refractivity contribution in [3.05, 3.63) is 82.3 Å². The highest BCUT2D eigenvalue weighted by Crippen LogP contribution is 2.18. The van der Waals surface area contributed by atoms with E-state index in [0.717, 1.165) is 24.0 Å². The molecular formula is C24H30O6. The van der Waals surface area contributed by atoms with Crippen LogP contribution in [0.1, 0.15) is 36.1 Å². The average molecular weight is 414 g/mol. The largest absolute Gasteiger partial charge is 0.509 e. The van der Waals surface area contributed by atoms with Gasteiger partial charge in [-0.05, 0) is 47.2 Å². The maximum Gasteiger partial charge on any atom is 0.139 e. The first-order chi connectivity index (χ1) is 14.3. The lowest BCUT2D eigenvalue weighted by Crippen LogP contribution is -2.45. The van der Waals surface area contributed by atoms with Crippen LogP contribution in [0.2, 0.25) is 0 Å². The third kappa shape index (κ3) is 6.18. The van der Waals surface area contributed by atoms with Crippen molar-refractivity contribution in [1.82, 2.24) is 0 Å². The summed E-state index contributed by atoms with van der Waals surface area (Å²) >= 11 is 0. The molecule has 0 unspecified atom stereocenters. The minimum atomic E-state index is -1.93. The van der Waals surface area contributed by atoms with Crippen LogP contribution in [0.3, 0.4) is 0 Å². The first-order valence-corrected chi connectivity index (χ1v) is 9.98. The fourth-order valence-corrected chi connectivity index (χ4v) is 2.93. The number of hydrogen-bond acceptors (Lipinski definition) is 6. The molecule has 0 saturated carbocycles. The Labute approximate surface area is 176 Å². The summed E-state index contributed by atoms with van der Waals surface area (Å²) in [7, 11) is 0. The van der Waals surface area contributed by atoms with Crippen LogP contribution in [-0.4, -0.2) is 55.1 Å². The molecule has 6 heteroatoms. The number of benzene rings is 2. The van der Waals surface area contributed by atoms with Crippen molar-refractivity contribution in [2.45, 2.75) is 51.1 Å². The van der Waals surface area contributed by atoms with E-state index in [1.807, 2.05) is 38.1 Å². The Morgan fingerprint density at radius 3 is 1.20 bits per heavy atom. The minimum absolute atomic E-state index is 0.573. The normalized spacial score (nSPS) is 16.7. The highest BCUT2D eigenvalue weighted by Gasteiger charge is 2.34. The quantitative estimate of drug-likeness (QED) is 0.351. The van der Waals surface area contributed by atoms with E-state index >= 15 is 0 Å². The van der Waals surface area contributed by atoms with Gasteiger partial charge < -0.3 is 30.6 Å². The molecule has 0 aromatic heterocycles. The van der Waals surface area contributed by atoms with Gasteiger partial charge in [-0.2, -0.15) is 0 Å². The standard InChI is InChI=1S/C24H30O6/c1-3-15-5-9-17(10-6-15)13-19(25)21(27)23(29)24(30)22(28)20(26)14-18-11-7-16(4-2)8-12-18/h5-14,21-30H,3-4H2,1-2H3/b19-13-,20-14-/t21-,22+,23-,24-/m1/s1. The monoisotopic (exact) mass is 414 g/mol. The third-order valence-electron chi connectivity index (χ3n) is 5.01. The van der Waals surface area contributed by atoms with Gasteiger partial charge in [-0.15, -0.1) is 0 Å². The molecule has 0 aliphatic carbocycles. The highest BCUT2D eigenvalue weighted by molar-refractivity contribution is 5.53. The second kappa shape index (κ2) is 10.9. The fraction of sp³-hybridized carbons (Fsp3) is 0.333. The average Bonchev–Trinajstić information content (AvgIpc) is 2.77. The summed E-state index contributed by atoms with van der Waals surface area (Å²) in [5.74, 6) is -1.15. The smallest absolute Gasteiger partial charge is 0.139 e. The van der Waals surface area contributed by atoms with Crippen LogP contribution in [0.25, 0.3) is 12.2 Å². The summed E-state index contributed by atoms with van der Waals surface area (Å²) in [6.07, 6.45) is -3.31. The zero-order valence-electron chi connectivity index (χ0n) is 17.2. The van der Waals surface area contributed by atoms with E-state index in [-0.39, 0.29) is 0 Å². The molecule has 0 bridgehead atoms. The van der Waals surface area contributed by atoms with Crippen molar-refractivity contribution in [2.24, 2.45) is 0 Å². The Morgan fingerprint density at radius 2 is 0.933 bits per heavy atom. The first kappa shape index (κ1) is 23.6. The third-order valence-corrected chi connectivity index (χ3v) is 5.01. The molecule has 0 saturated heterocycles. The zero-order valence-corrected chi connectivity index (χ0v) is 17.2. The maximum atomic E-state index is 10.2. The van der Waals surface area contributed by atoms with Crippen molar-refractivity contribution < 1.29 is 30.6 Å². The summed E-state index contributed by atoms with van der Waals surface area (Å²) < 4.78 is 0. The van der Waals surface area contributed by atoms with Gasteiger partial charge in [0.25, 0.3) is 0 Å². The molecule has 6 N–H and O–H groups in total. The van der Waals surface area contributed by atoms with Crippen molar-refractivity contribution in [3.8, 4) is 0 Å². The predicted octanol–water partition coefficient (Wildman–Crippen LogP) is 2.75. The molecule has 0 spiro atoms. The van der Waals surface area contributed by atoms with Gasteiger partial charge in [-0.3, -0.25) is 0 Å². The predicted molar refractivity (Wildman–Crippen MR) is 117 cm³/mol. The number of aliphatic hydroxyl groups is 6. The lowest BCUT2D eigenvalue weighted by molar-refractivity contribution is -0.0996. The Morgan fingerprint density at radius 1 is 0.633 bits per heavy atom. The topological polar surface area (TPSA) is 121 Å². The Kier molecular flexibility index (Phi) is 8.62. The molecule has 0 radical (unpaired) electrons. The summed E-state index contributed by atoms with van der Waals surface area (Å²) in [5, 5.41) is 60.9. The molecule has 0 aliphatic heterocycles. The molecule has 30 heavy (non-hydrogen) atoms. The van der Waals surface area contributed by atoms with Crippen LogP contribution >= 0.6 is 0 Å². The molecule has 0 fully saturated rings.